The molecule has 0 unspecified atom stereocenters. The summed E-state index contributed by atoms with van der Waals surface area (Å²) in [6.07, 6.45) is 0. The Morgan fingerprint density at radius 1 is 1.50 bits per heavy atom. The Morgan fingerprint density at radius 3 is 2.71 bits per heavy atom. The standard InChI is InChI=1S/C8H10N2O3S/c1-5-3-14-4-6(5)10-8(13)9-2-7(11)12/h3-4H,2H2,1H3,(H,11,12)(H2,9,10,13). The lowest BCUT2D eigenvalue weighted by Gasteiger charge is -2.04. The van der Waals surface area contributed by atoms with Crippen molar-refractivity contribution in [1.82, 2.24) is 5.32 Å². The number of carbonyl (C=O) groups is 2. The van der Waals surface area contributed by atoms with Crippen LogP contribution in [0.4, 0.5) is 10.5 Å². The number of hydrogen-bond donors (Lipinski definition) is 3. The van der Waals surface area contributed by atoms with Gasteiger partial charge >= 0.3 is 12.0 Å². The van der Waals surface area contributed by atoms with Crippen molar-refractivity contribution in [2.45, 2.75) is 6.92 Å². The predicted molar refractivity (Wildman–Crippen MR) is 53.7 cm³/mol. The van der Waals surface area contributed by atoms with E-state index in [0.29, 0.717) is 5.69 Å². The molecule has 0 spiro atoms. The summed E-state index contributed by atoms with van der Waals surface area (Å²) < 4.78 is 0. The molecule has 0 atom stereocenters. The van der Waals surface area contributed by atoms with Gasteiger partial charge < -0.3 is 15.7 Å². The molecule has 1 heterocycles. The van der Waals surface area contributed by atoms with Crippen LogP contribution in [0, 0.1) is 6.92 Å². The zero-order chi connectivity index (χ0) is 10.6. The third-order valence-electron chi connectivity index (χ3n) is 1.50. The molecule has 0 bridgehead atoms. The number of carboxylic acid groups (broad SMARTS) is 1. The van der Waals surface area contributed by atoms with Gasteiger partial charge in [0.2, 0.25) is 0 Å². The summed E-state index contributed by atoms with van der Waals surface area (Å²) in [4.78, 5) is 21.2. The van der Waals surface area contributed by atoms with Gasteiger partial charge in [0.05, 0.1) is 5.69 Å². The van der Waals surface area contributed by atoms with Crippen molar-refractivity contribution in [3.05, 3.63) is 16.3 Å². The monoisotopic (exact) mass is 214 g/mol. The topological polar surface area (TPSA) is 78.4 Å². The molecule has 0 aromatic carbocycles. The van der Waals surface area contributed by atoms with Crippen molar-refractivity contribution < 1.29 is 14.7 Å². The minimum Gasteiger partial charge on any atom is -0.480 e. The second kappa shape index (κ2) is 4.61. The number of hydrogen-bond acceptors (Lipinski definition) is 3. The molecule has 0 saturated heterocycles. The van der Waals surface area contributed by atoms with E-state index in [1.54, 1.807) is 5.38 Å². The average molecular weight is 214 g/mol. The maximum atomic E-state index is 11.1. The van der Waals surface area contributed by atoms with Gasteiger partial charge in [0.25, 0.3) is 0 Å². The van der Waals surface area contributed by atoms with Crippen LogP contribution in [0.15, 0.2) is 10.8 Å². The van der Waals surface area contributed by atoms with Crippen LogP contribution < -0.4 is 10.6 Å². The van der Waals surface area contributed by atoms with Crippen LogP contribution in [0.1, 0.15) is 5.56 Å². The normalized spacial score (nSPS) is 9.50. The molecule has 5 nitrogen and oxygen atoms in total. The summed E-state index contributed by atoms with van der Waals surface area (Å²) in [7, 11) is 0. The molecular weight excluding hydrogens is 204 g/mol. The first kappa shape index (κ1) is 10.5. The second-order valence-corrected chi connectivity index (χ2v) is 3.41. The number of aryl methyl sites for hydroxylation is 1. The van der Waals surface area contributed by atoms with Crippen molar-refractivity contribution in [2.24, 2.45) is 0 Å². The maximum absolute atomic E-state index is 11.1. The fraction of sp³-hybridized carbons (Fsp3) is 0.250. The number of carbonyl (C=O) groups excluding carboxylic acids is 1. The van der Waals surface area contributed by atoms with E-state index in [-0.39, 0.29) is 6.54 Å². The molecule has 3 N–H and O–H groups in total. The van der Waals surface area contributed by atoms with Gasteiger partial charge in [-0.3, -0.25) is 4.79 Å². The smallest absolute Gasteiger partial charge is 0.323 e. The highest BCUT2D eigenvalue weighted by molar-refractivity contribution is 7.08. The Morgan fingerprint density at radius 2 is 2.21 bits per heavy atom. The summed E-state index contributed by atoms with van der Waals surface area (Å²) in [5, 5.41) is 16.7. The predicted octanol–water partition coefficient (Wildman–Crippen LogP) is 1.26. The number of urea groups is 1. The minimum atomic E-state index is -1.07. The molecule has 14 heavy (non-hydrogen) atoms. The third-order valence-corrected chi connectivity index (χ3v) is 2.37. The molecule has 6 heteroatoms. The number of aliphatic carboxylic acids is 1. The average Bonchev–Trinajstić information content (AvgIpc) is 2.49. The summed E-state index contributed by atoms with van der Waals surface area (Å²) >= 11 is 1.47. The number of anilines is 1. The molecule has 1 aromatic rings. The van der Waals surface area contributed by atoms with E-state index in [1.165, 1.54) is 11.3 Å². The quantitative estimate of drug-likeness (QED) is 0.708. The molecule has 1 aromatic heterocycles. The van der Waals surface area contributed by atoms with E-state index in [2.05, 4.69) is 10.6 Å². The molecule has 0 radical (unpaired) electrons. The molecule has 76 valence electrons. The van der Waals surface area contributed by atoms with Crippen molar-refractivity contribution in [3.63, 3.8) is 0 Å². The Kier molecular flexibility index (Phi) is 3.47. The molecule has 0 aliphatic rings. The van der Waals surface area contributed by atoms with E-state index in [4.69, 9.17) is 5.11 Å². The van der Waals surface area contributed by atoms with E-state index in [9.17, 15) is 9.59 Å². The molecule has 1 rings (SSSR count). The summed E-state index contributed by atoms with van der Waals surface area (Å²) in [5.74, 6) is -1.07. The Labute approximate surface area is 84.7 Å². The lowest BCUT2D eigenvalue weighted by Crippen LogP contribution is -2.33. The maximum Gasteiger partial charge on any atom is 0.323 e. The second-order valence-electron chi connectivity index (χ2n) is 2.67. The SMILES string of the molecule is Cc1cscc1NC(=O)NCC(=O)O. The molecular formula is C8H10N2O3S. The van der Waals surface area contributed by atoms with Crippen LogP contribution in [0.2, 0.25) is 0 Å². The fourth-order valence-corrected chi connectivity index (χ4v) is 1.59. The first-order valence-corrected chi connectivity index (χ1v) is 4.83. The summed E-state index contributed by atoms with van der Waals surface area (Å²) in [5.41, 5.74) is 1.67. The first-order valence-electron chi connectivity index (χ1n) is 3.89. The molecule has 0 saturated carbocycles. The van der Waals surface area contributed by atoms with Gasteiger partial charge in [-0.2, -0.15) is 0 Å². The lowest BCUT2D eigenvalue weighted by molar-refractivity contribution is -0.135. The summed E-state index contributed by atoms with van der Waals surface area (Å²) in [6.45, 7) is 1.48. The Balaban J connectivity index is 2.42. The minimum absolute atomic E-state index is 0.380. The van der Waals surface area contributed by atoms with Gasteiger partial charge in [-0.15, -0.1) is 11.3 Å². The highest BCUT2D eigenvalue weighted by Crippen LogP contribution is 2.18. The Bertz CT molecular complexity index is 348. The van der Waals surface area contributed by atoms with Crippen molar-refractivity contribution in [3.8, 4) is 0 Å². The van der Waals surface area contributed by atoms with Crippen LogP contribution in [-0.4, -0.2) is 23.7 Å². The van der Waals surface area contributed by atoms with Crippen LogP contribution in [0.5, 0.6) is 0 Å². The van der Waals surface area contributed by atoms with Crippen LogP contribution >= 0.6 is 11.3 Å². The fourth-order valence-electron chi connectivity index (χ4n) is 0.811. The number of nitrogens with one attached hydrogen (secondary N) is 2. The molecule has 0 aliphatic carbocycles. The highest BCUT2D eigenvalue weighted by Gasteiger charge is 2.05. The number of thiophene rings is 1. The number of carboxylic acids is 1. The number of amides is 2. The van der Waals surface area contributed by atoms with Crippen molar-refractivity contribution in [2.75, 3.05) is 11.9 Å². The van der Waals surface area contributed by atoms with E-state index < -0.39 is 12.0 Å². The van der Waals surface area contributed by atoms with Crippen LogP contribution in [0.3, 0.4) is 0 Å². The van der Waals surface area contributed by atoms with E-state index in [1.807, 2.05) is 12.3 Å². The van der Waals surface area contributed by atoms with Crippen LogP contribution in [-0.2, 0) is 4.79 Å². The van der Waals surface area contributed by atoms with Gasteiger partial charge in [-0.1, -0.05) is 0 Å². The van der Waals surface area contributed by atoms with Crippen molar-refractivity contribution >= 4 is 29.0 Å². The Hall–Kier alpha value is -1.56. The van der Waals surface area contributed by atoms with E-state index >= 15 is 0 Å². The highest BCUT2D eigenvalue weighted by atomic mass is 32.1. The van der Waals surface area contributed by atoms with Gasteiger partial charge in [-0.05, 0) is 17.9 Å². The lowest BCUT2D eigenvalue weighted by atomic mass is 10.3. The zero-order valence-corrected chi connectivity index (χ0v) is 8.35. The van der Waals surface area contributed by atoms with Gasteiger partial charge in [0.1, 0.15) is 6.54 Å². The number of rotatable bonds is 3. The van der Waals surface area contributed by atoms with Gasteiger partial charge in [0, 0.05) is 5.38 Å². The van der Waals surface area contributed by atoms with Crippen LogP contribution in [0.25, 0.3) is 0 Å². The van der Waals surface area contributed by atoms with Gasteiger partial charge in [0.15, 0.2) is 0 Å². The summed E-state index contributed by atoms with van der Waals surface area (Å²) in [6, 6.07) is -0.506. The van der Waals surface area contributed by atoms with Gasteiger partial charge in [-0.25, -0.2) is 4.79 Å². The third kappa shape index (κ3) is 3.06. The first-order chi connectivity index (χ1) is 6.59. The molecule has 0 fully saturated rings. The van der Waals surface area contributed by atoms with Crippen molar-refractivity contribution in [1.29, 1.82) is 0 Å². The molecule has 2 amide bonds. The van der Waals surface area contributed by atoms with E-state index in [0.717, 1.165) is 5.56 Å². The largest absolute Gasteiger partial charge is 0.480 e. The zero-order valence-electron chi connectivity index (χ0n) is 7.53. The molecule has 0 aliphatic heterocycles.